The molecule has 180 valence electrons. The second-order valence-electron chi connectivity index (χ2n) is 10.1. The van der Waals surface area contributed by atoms with Crippen molar-refractivity contribution in [2.24, 2.45) is 0 Å². The van der Waals surface area contributed by atoms with Crippen molar-refractivity contribution < 1.29 is 14.4 Å². The lowest BCUT2D eigenvalue weighted by molar-refractivity contribution is -0.122. The van der Waals surface area contributed by atoms with E-state index in [2.05, 4.69) is 31.4 Å². The number of carbonyl (C=O) groups excluding carboxylic acids is 3. The minimum Gasteiger partial charge on any atom is -0.326 e. The average molecular weight is 470 g/mol. The van der Waals surface area contributed by atoms with Crippen LogP contribution in [0.25, 0.3) is 0 Å². The molecule has 6 heteroatoms. The van der Waals surface area contributed by atoms with E-state index in [1.807, 2.05) is 50.2 Å². The van der Waals surface area contributed by atoms with E-state index in [9.17, 15) is 14.4 Å². The summed E-state index contributed by atoms with van der Waals surface area (Å²) in [4.78, 5) is 41.2. The number of para-hydroxylation sites is 2. The predicted molar refractivity (Wildman–Crippen MR) is 140 cm³/mol. The van der Waals surface area contributed by atoms with E-state index in [0.29, 0.717) is 22.6 Å². The summed E-state index contributed by atoms with van der Waals surface area (Å²) in [6, 6.07) is 19.3. The maximum absolute atomic E-state index is 13.7. The highest BCUT2D eigenvalue weighted by atomic mass is 16.2. The van der Waals surface area contributed by atoms with E-state index in [4.69, 9.17) is 0 Å². The Morgan fingerprint density at radius 1 is 0.943 bits per heavy atom. The average Bonchev–Trinajstić information content (AvgIpc) is 2.81. The van der Waals surface area contributed by atoms with E-state index in [1.54, 1.807) is 30.3 Å². The third-order valence-electron chi connectivity index (χ3n) is 6.42. The molecule has 1 atom stereocenters. The van der Waals surface area contributed by atoms with Crippen LogP contribution in [0.4, 0.5) is 17.1 Å². The first-order chi connectivity index (χ1) is 16.5. The van der Waals surface area contributed by atoms with Crippen molar-refractivity contribution in [3.8, 4) is 0 Å². The van der Waals surface area contributed by atoms with Crippen LogP contribution in [0.5, 0.6) is 0 Å². The molecule has 3 aromatic rings. The number of benzene rings is 3. The van der Waals surface area contributed by atoms with E-state index in [-0.39, 0.29) is 23.7 Å². The lowest BCUT2D eigenvalue weighted by Crippen LogP contribution is -2.52. The monoisotopic (exact) mass is 469 g/mol. The minimum absolute atomic E-state index is 0.0475. The van der Waals surface area contributed by atoms with Crippen LogP contribution in [-0.4, -0.2) is 23.8 Å². The van der Waals surface area contributed by atoms with Gasteiger partial charge in [-0.15, -0.1) is 0 Å². The number of nitrogens with one attached hydrogen (secondary N) is 2. The van der Waals surface area contributed by atoms with E-state index in [1.165, 1.54) is 4.90 Å². The van der Waals surface area contributed by atoms with Crippen molar-refractivity contribution in [3.63, 3.8) is 0 Å². The molecule has 4 rings (SSSR count). The quantitative estimate of drug-likeness (QED) is 0.522. The molecule has 1 aliphatic rings. The molecule has 1 unspecified atom stereocenters. The van der Waals surface area contributed by atoms with Crippen molar-refractivity contribution in [2.45, 2.75) is 52.5 Å². The maximum Gasteiger partial charge on any atom is 0.259 e. The summed E-state index contributed by atoms with van der Waals surface area (Å²) < 4.78 is 0. The Bertz CT molecular complexity index is 1290. The van der Waals surface area contributed by atoms with Crippen molar-refractivity contribution in [1.29, 1.82) is 0 Å². The van der Waals surface area contributed by atoms with E-state index < -0.39 is 11.9 Å². The molecule has 0 aliphatic carbocycles. The van der Waals surface area contributed by atoms with Crippen LogP contribution >= 0.6 is 0 Å². The van der Waals surface area contributed by atoms with Crippen molar-refractivity contribution in [2.75, 3.05) is 15.5 Å². The third-order valence-corrected chi connectivity index (χ3v) is 6.42. The normalized spacial score (nSPS) is 15.3. The molecular formula is C29H31N3O3. The topological polar surface area (TPSA) is 78.5 Å². The highest BCUT2D eigenvalue weighted by Crippen LogP contribution is 2.34. The van der Waals surface area contributed by atoms with Crippen LogP contribution in [-0.2, 0) is 15.0 Å². The van der Waals surface area contributed by atoms with Gasteiger partial charge < -0.3 is 10.6 Å². The van der Waals surface area contributed by atoms with Gasteiger partial charge in [0.2, 0.25) is 11.8 Å². The molecule has 0 saturated heterocycles. The predicted octanol–water partition coefficient (Wildman–Crippen LogP) is 5.60. The van der Waals surface area contributed by atoms with Crippen LogP contribution in [0.15, 0.2) is 66.7 Å². The second kappa shape index (κ2) is 9.37. The lowest BCUT2D eigenvalue weighted by Gasteiger charge is -2.36. The number of rotatable bonds is 4. The fourth-order valence-corrected chi connectivity index (χ4v) is 4.18. The molecule has 3 aromatic carbocycles. The van der Waals surface area contributed by atoms with Crippen molar-refractivity contribution in [1.82, 2.24) is 0 Å². The van der Waals surface area contributed by atoms with Gasteiger partial charge >= 0.3 is 0 Å². The van der Waals surface area contributed by atoms with Crippen LogP contribution in [0.2, 0.25) is 0 Å². The zero-order valence-electron chi connectivity index (χ0n) is 20.8. The van der Waals surface area contributed by atoms with Crippen molar-refractivity contribution >= 4 is 34.8 Å². The van der Waals surface area contributed by atoms with Gasteiger partial charge in [-0.05, 0) is 72.4 Å². The summed E-state index contributed by atoms with van der Waals surface area (Å²) in [6.07, 6.45) is -0.168. The van der Waals surface area contributed by atoms with Gasteiger partial charge in [0.25, 0.3) is 5.91 Å². The first-order valence-electron chi connectivity index (χ1n) is 11.8. The summed E-state index contributed by atoms with van der Waals surface area (Å²) in [5.41, 5.74) is 5.48. The smallest absolute Gasteiger partial charge is 0.259 e. The number of hydrogen-bond acceptors (Lipinski definition) is 3. The molecule has 0 fully saturated rings. The van der Waals surface area contributed by atoms with Gasteiger partial charge in [-0.1, -0.05) is 51.1 Å². The number of aryl methyl sites for hydroxylation is 2. The Kier molecular flexibility index (Phi) is 6.48. The fourth-order valence-electron chi connectivity index (χ4n) is 4.18. The number of fused-ring (bicyclic) bond motifs is 1. The van der Waals surface area contributed by atoms with Crippen LogP contribution in [0, 0.1) is 13.8 Å². The molecule has 35 heavy (non-hydrogen) atoms. The Morgan fingerprint density at radius 3 is 2.29 bits per heavy atom. The first kappa shape index (κ1) is 24.2. The van der Waals surface area contributed by atoms with Crippen LogP contribution < -0.4 is 15.5 Å². The van der Waals surface area contributed by atoms with Gasteiger partial charge in [-0.25, -0.2) is 0 Å². The highest BCUT2D eigenvalue weighted by molar-refractivity contribution is 6.17. The summed E-state index contributed by atoms with van der Waals surface area (Å²) in [7, 11) is 0. The number of carbonyl (C=O) groups is 3. The molecule has 0 radical (unpaired) electrons. The minimum atomic E-state index is -0.980. The molecule has 0 saturated carbocycles. The summed E-state index contributed by atoms with van der Waals surface area (Å²) in [5.74, 6) is -1.05. The molecule has 6 nitrogen and oxygen atoms in total. The lowest BCUT2D eigenvalue weighted by atomic mass is 9.86. The number of nitrogens with zero attached hydrogens (tertiary/aromatic N) is 1. The zero-order valence-corrected chi connectivity index (χ0v) is 20.8. The molecule has 1 aliphatic heterocycles. The Hall–Kier alpha value is -3.93. The fraction of sp³-hybridized carbons (Fsp3) is 0.276. The Balaban J connectivity index is 1.64. The highest BCUT2D eigenvalue weighted by Gasteiger charge is 2.38. The van der Waals surface area contributed by atoms with Crippen LogP contribution in [0.1, 0.15) is 54.2 Å². The number of amides is 3. The largest absolute Gasteiger partial charge is 0.326 e. The van der Waals surface area contributed by atoms with Gasteiger partial charge in [0.15, 0.2) is 0 Å². The molecular weight excluding hydrogens is 438 g/mol. The number of anilines is 3. The van der Waals surface area contributed by atoms with Crippen LogP contribution in [0.3, 0.4) is 0 Å². The SMILES string of the molecule is Cc1ccc(NC(=O)CC2C(=O)Nc3ccccc3N2C(=O)c2ccc(C(C)(C)C)cc2)cc1C. The third kappa shape index (κ3) is 5.11. The van der Waals surface area contributed by atoms with Gasteiger partial charge in [-0.2, -0.15) is 0 Å². The second-order valence-corrected chi connectivity index (χ2v) is 10.1. The molecule has 0 spiro atoms. The molecule has 2 N–H and O–H groups in total. The maximum atomic E-state index is 13.7. The molecule has 0 bridgehead atoms. The number of hydrogen-bond donors (Lipinski definition) is 2. The van der Waals surface area contributed by atoms with Crippen molar-refractivity contribution in [3.05, 3.63) is 89.0 Å². The van der Waals surface area contributed by atoms with E-state index in [0.717, 1.165) is 16.7 Å². The van der Waals surface area contributed by atoms with Gasteiger partial charge in [0.05, 0.1) is 17.8 Å². The molecule has 1 heterocycles. The van der Waals surface area contributed by atoms with Gasteiger partial charge in [0.1, 0.15) is 6.04 Å². The zero-order chi connectivity index (χ0) is 25.3. The Morgan fingerprint density at radius 2 is 1.63 bits per heavy atom. The van der Waals surface area contributed by atoms with Gasteiger partial charge in [0, 0.05) is 11.3 Å². The van der Waals surface area contributed by atoms with Gasteiger partial charge in [-0.3, -0.25) is 19.3 Å². The molecule has 3 amide bonds. The first-order valence-corrected chi connectivity index (χ1v) is 11.8. The summed E-state index contributed by atoms with van der Waals surface area (Å²) in [5, 5.41) is 5.72. The van der Waals surface area contributed by atoms with E-state index >= 15 is 0 Å². The molecule has 0 aromatic heterocycles. The summed E-state index contributed by atoms with van der Waals surface area (Å²) in [6.45, 7) is 10.3. The Labute approximate surface area is 206 Å². The summed E-state index contributed by atoms with van der Waals surface area (Å²) >= 11 is 0. The standard InChI is InChI=1S/C29H31N3O3/c1-18-10-15-22(16-19(18)2)30-26(33)17-25-27(34)31-23-8-6-7-9-24(23)32(25)28(35)20-11-13-21(14-12-20)29(3,4)5/h6-16,25H,17H2,1-5H3,(H,30,33)(H,31,34).